The number of likely N-dealkylation sites (tertiary alicyclic amines) is 1. The lowest BCUT2D eigenvalue weighted by atomic mass is 9.98. The van der Waals surface area contributed by atoms with Gasteiger partial charge >= 0.3 is 0 Å². The van der Waals surface area contributed by atoms with E-state index in [4.69, 9.17) is 10.5 Å². The number of benzene rings is 1. The highest BCUT2D eigenvalue weighted by Gasteiger charge is 2.30. The van der Waals surface area contributed by atoms with Gasteiger partial charge in [0, 0.05) is 30.7 Å². The molecule has 2 unspecified atom stereocenters. The van der Waals surface area contributed by atoms with Crippen molar-refractivity contribution in [3.8, 4) is 0 Å². The highest BCUT2D eigenvalue weighted by atomic mass is 79.9. The van der Waals surface area contributed by atoms with Gasteiger partial charge in [-0.3, -0.25) is 4.79 Å². The third-order valence-corrected chi connectivity index (χ3v) is 4.33. The summed E-state index contributed by atoms with van der Waals surface area (Å²) in [6.45, 7) is 1.22. The Bertz CT molecular complexity index is 467. The molecule has 2 N–H and O–H groups in total. The standard InChI is InChI=1S/C15H21BrN2O2/c1-20-14-5-6-18(13(9-14)10-17)15(19)8-11-3-2-4-12(16)7-11/h2-4,7,13-14H,5-6,8-10,17H2,1H3. The predicted molar refractivity (Wildman–Crippen MR) is 82.4 cm³/mol. The second kappa shape index (κ2) is 7.20. The van der Waals surface area contributed by atoms with Gasteiger partial charge < -0.3 is 15.4 Å². The SMILES string of the molecule is COC1CCN(C(=O)Cc2cccc(Br)c2)C(CN)C1. The summed E-state index contributed by atoms with van der Waals surface area (Å²) < 4.78 is 6.38. The molecule has 2 atom stereocenters. The van der Waals surface area contributed by atoms with Crippen LogP contribution in [0, 0.1) is 0 Å². The molecule has 0 bridgehead atoms. The lowest BCUT2D eigenvalue weighted by Crippen LogP contribution is -2.51. The fourth-order valence-electron chi connectivity index (χ4n) is 2.70. The summed E-state index contributed by atoms with van der Waals surface area (Å²) in [7, 11) is 1.72. The van der Waals surface area contributed by atoms with E-state index in [0.29, 0.717) is 13.0 Å². The number of hydrogen-bond donors (Lipinski definition) is 1. The molecule has 0 spiro atoms. The predicted octanol–water partition coefficient (Wildman–Crippen LogP) is 1.96. The number of carbonyl (C=O) groups is 1. The summed E-state index contributed by atoms with van der Waals surface area (Å²) in [6, 6.07) is 7.96. The number of ether oxygens (including phenoxy) is 1. The monoisotopic (exact) mass is 340 g/mol. The minimum absolute atomic E-state index is 0.0911. The maximum absolute atomic E-state index is 12.5. The molecule has 0 radical (unpaired) electrons. The van der Waals surface area contributed by atoms with Crippen molar-refractivity contribution in [3.05, 3.63) is 34.3 Å². The Kier molecular flexibility index (Phi) is 5.57. The number of nitrogens with two attached hydrogens (primary N) is 1. The lowest BCUT2D eigenvalue weighted by Gasteiger charge is -2.38. The normalized spacial score (nSPS) is 22.9. The maximum Gasteiger partial charge on any atom is 0.227 e. The van der Waals surface area contributed by atoms with Crippen LogP contribution in [0.4, 0.5) is 0 Å². The molecule has 0 aliphatic carbocycles. The maximum atomic E-state index is 12.5. The third kappa shape index (κ3) is 3.81. The van der Waals surface area contributed by atoms with Crippen molar-refractivity contribution in [3.63, 3.8) is 0 Å². The number of methoxy groups -OCH3 is 1. The first-order valence-corrected chi connectivity index (χ1v) is 7.70. The fourth-order valence-corrected chi connectivity index (χ4v) is 3.15. The zero-order valence-electron chi connectivity index (χ0n) is 11.7. The van der Waals surface area contributed by atoms with Gasteiger partial charge in [-0.25, -0.2) is 0 Å². The van der Waals surface area contributed by atoms with E-state index in [9.17, 15) is 4.79 Å². The number of carbonyl (C=O) groups excluding carboxylic acids is 1. The van der Waals surface area contributed by atoms with Gasteiger partial charge in [0.2, 0.25) is 5.91 Å². The highest BCUT2D eigenvalue weighted by molar-refractivity contribution is 9.10. The van der Waals surface area contributed by atoms with Gasteiger partial charge in [-0.2, -0.15) is 0 Å². The molecule has 110 valence electrons. The van der Waals surface area contributed by atoms with Crippen LogP contribution < -0.4 is 5.73 Å². The summed E-state index contributed by atoms with van der Waals surface area (Å²) in [5, 5.41) is 0. The van der Waals surface area contributed by atoms with Crippen LogP contribution in [0.3, 0.4) is 0 Å². The van der Waals surface area contributed by atoms with Crippen molar-refractivity contribution >= 4 is 21.8 Å². The van der Waals surface area contributed by atoms with Crippen molar-refractivity contribution < 1.29 is 9.53 Å². The van der Waals surface area contributed by atoms with Gasteiger partial charge in [-0.15, -0.1) is 0 Å². The van der Waals surface area contributed by atoms with Gasteiger partial charge in [0.25, 0.3) is 0 Å². The number of rotatable bonds is 4. The van der Waals surface area contributed by atoms with Crippen LogP contribution in [0.25, 0.3) is 0 Å². The van der Waals surface area contributed by atoms with Crippen molar-refractivity contribution in [2.75, 3.05) is 20.2 Å². The Morgan fingerprint density at radius 3 is 3.00 bits per heavy atom. The summed E-state index contributed by atoms with van der Waals surface area (Å²) in [6.07, 6.45) is 2.36. The minimum Gasteiger partial charge on any atom is -0.381 e. The van der Waals surface area contributed by atoms with Crippen molar-refractivity contribution in [2.24, 2.45) is 5.73 Å². The molecule has 20 heavy (non-hydrogen) atoms. The first kappa shape index (κ1) is 15.5. The minimum atomic E-state index is 0.0911. The molecule has 1 aromatic rings. The summed E-state index contributed by atoms with van der Waals surface area (Å²) in [5.74, 6) is 0.146. The molecule has 0 aromatic heterocycles. The van der Waals surface area contributed by atoms with Gasteiger partial charge in [-0.1, -0.05) is 28.1 Å². The lowest BCUT2D eigenvalue weighted by molar-refractivity contribution is -0.136. The van der Waals surface area contributed by atoms with E-state index in [1.165, 1.54) is 0 Å². The number of amides is 1. The average Bonchev–Trinajstić information content (AvgIpc) is 2.46. The smallest absolute Gasteiger partial charge is 0.227 e. The van der Waals surface area contributed by atoms with Gasteiger partial charge in [0.05, 0.1) is 12.5 Å². The molecule has 1 fully saturated rings. The topological polar surface area (TPSA) is 55.6 Å². The summed E-state index contributed by atoms with van der Waals surface area (Å²) in [4.78, 5) is 14.4. The molecule has 1 aliphatic heterocycles. The van der Waals surface area contributed by atoms with Crippen molar-refractivity contribution in [1.82, 2.24) is 4.90 Å². The van der Waals surface area contributed by atoms with Crippen LogP contribution >= 0.6 is 15.9 Å². The third-order valence-electron chi connectivity index (χ3n) is 3.84. The van der Waals surface area contributed by atoms with Crippen LogP contribution in [-0.2, 0) is 16.0 Å². The first-order chi connectivity index (χ1) is 9.63. The quantitative estimate of drug-likeness (QED) is 0.911. The van der Waals surface area contributed by atoms with Crippen molar-refractivity contribution in [1.29, 1.82) is 0 Å². The summed E-state index contributed by atoms with van der Waals surface area (Å²) >= 11 is 3.43. The second-order valence-corrected chi connectivity index (χ2v) is 6.08. The van der Waals surface area contributed by atoms with E-state index in [0.717, 1.165) is 29.4 Å². The second-order valence-electron chi connectivity index (χ2n) is 5.17. The molecule has 1 saturated heterocycles. The van der Waals surface area contributed by atoms with E-state index < -0.39 is 0 Å². The van der Waals surface area contributed by atoms with Crippen LogP contribution in [0.1, 0.15) is 18.4 Å². The van der Waals surface area contributed by atoms with Crippen LogP contribution in [0.5, 0.6) is 0 Å². The molecule has 1 aliphatic rings. The Morgan fingerprint density at radius 2 is 2.35 bits per heavy atom. The molecule has 2 rings (SSSR count). The van der Waals surface area contributed by atoms with Crippen LogP contribution in [-0.4, -0.2) is 43.2 Å². The number of nitrogens with zero attached hydrogens (tertiary/aromatic N) is 1. The fraction of sp³-hybridized carbons (Fsp3) is 0.533. The average molecular weight is 341 g/mol. The Hall–Kier alpha value is -0.910. The highest BCUT2D eigenvalue weighted by Crippen LogP contribution is 2.21. The molecular weight excluding hydrogens is 320 g/mol. The zero-order chi connectivity index (χ0) is 14.5. The molecule has 0 saturated carbocycles. The number of hydrogen-bond acceptors (Lipinski definition) is 3. The molecular formula is C15H21BrN2O2. The largest absolute Gasteiger partial charge is 0.381 e. The van der Waals surface area contributed by atoms with Crippen LogP contribution in [0.2, 0.25) is 0 Å². The van der Waals surface area contributed by atoms with Crippen molar-refractivity contribution in [2.45, 2.75) is 31.4 Å². The Balaban J connectivity index is 2.01. The van der Waals surface area contributed by atoms with E-state index in [1.54, 1.807) is 7.11 Å². The molecule has 4 nitrogen and oxygen atoms in total. The number of halogens is 1. The molecule has 5 heteroatoms. The first-order valence-electron chi connectivity index (χ1n) is 6.90. The van der Waals surface area contributed by atoms with E-state index >= 15 is 0 Å². The van der Waals surface area contributed by atoms with E-state index in [-0.39, 0.29) is 18.1 Å². The van der Waals surface area contributed by atoms with E-state index in [2.05, 4.69) is 15.9 Å². The molecule has 1 amide bonds. The van der Waals surface area contributed by atoms with Crippen LogP contribution in [0.15, 0.2) is 28.7 Å². The van der Waals surface area contributed by atoms with E-state index in [1.807, 2.05) is 29.2 Å². The molecule has 1 aromatic carbocycles. The Morgan fingerprint density at radius 1 is 1.55 bits per heavy atom. The number of piperidine rings is 1. The summed E-state index contributed by atoms with van der Waals surface area (Å²) in [5.41, 5.74) is 6.83. The van der Waals surface area contributed by atoms with Gasteiger partial charge in [-0.05, 0) is 30.5 Å². The molecule has 1 heterocycles. The van der Waals surface area contributed by atoms with Gasteiger partial charge in [0.1, 0.15) is 0 Å². The zero-order valence-corrected chi connectivity index (χ0v) is 13.3. The Labute approximate surface area is 128 Å². The van der Waals surface area contributed by atoms with Gasteiger partial charge in [0.15, 0.2) is 0 Å².